The molecule has 2 aromatic rings. The van der Waals surface area contributed by atoms with Gasteiger partial charge < -0.3 is 16.0 Å². The zero-order valence-corrected chi connectivity index (χ0v) is 23.6. The van der Waals surface area contributed by atoms with E-state index in [1.807, 2.05) is 12.1 Å². The van der Waals surface area contributed by atoms with Crippen LogP contribution in [-0.4, -0.2) is 49.2 Å². The smallest absolute Gasteiger partial charge is 0.353 e. The first-order valence-corrected chi connectivity index (χ1v) is 14.7. The molecule has 1 aliphatic carbocycles. The van der Waals surface area contributed by atoms with Gasteiger partial charge in [0.2, 0.25) is 21.8 Å². The highest BCUT2D eigenvalue weighted by atomic mass is 32.2. The van der Waals surface area contributed by atoms with Crippen molar-refractivity contribution in [3.8, 4) is 0 Å². The highest BCUT2D eigenvalue weighted by molar-refractivity contribution is 7.89. The molecule has 4 rings (SSSR count). The van der Waals surface area contributed by atoms with Crippen LogP contribution in [0.25, 0.3) is 0 Å². The predicted molar refractivity (Wildman–Crippen MR) is 144 cm³/mol. The lowest BCUT2D eigenvalue weighted by Crippen LogP contribution is -2.58. The largest absolute Gasteiger partial charge is 0.416 e. The van der Waals surface area contributed by atoms with Crippen LogP contribution in [0.3, 0.4) is 0 Å². The molecular weight excluding hydrogens is 545 g/mol. The number of piperazine rings is 1. The molecule has 0 saturated carbocycles. The van der Waals surface area contributed by atoms with Crippen LogP contribution in [0.1, 0.15) is 68.3 Å². The van der Waals surface area contributed by atoms with E-state index in [0.717, 1.165) is 46.0 Å². The highest BCUT2D eigenvalue weighted by Gasteiger charge is 2.40. The fraction of sp³-hybridized carbons (Fsp3) is 0.500. The van der Waals surface area contributed by atoms with E-state index in [1.165, 1.54) is 0 Å². The summed E-state index contributed by atoms with van der Waals surface area (Å²) in [5.74, 6) is -1.11. The molecule has 1 saturated heterocycles. The molecule has 0 bridgehead atoms. The van der Waals surface area contributed by atoms with Crippen molar-refractivity contribution in [3.05, 3.63) is 64.7 Å². The first-order chi connectivity index (χ1) is 18.6. The van der Waals surface area contributed by atoms with Crippen LogP contribution < -0.4 is 16.0 Å². The molecule has 3 N–H and O–H groups in total. The van der Waals surface area contributed by atoms with Gasteiger partial charge >= 0.3 is 6.18 Å². The van der Waals surface area contributed by atoms with Gasteiger partial charge in [-0.25, -0.2) is 8.42 Å². The van der Waals surface area contributed by atoms with Crippen molar-refractivity contribution in [1.29, 1.82) is 0 Å². The molecule has 1 heterocycles. The lowest BCUT2D eigenvalue weighted by atomic mass is 9.86. The topological polar surface area (TPSA) is 108 Å². The number of hydrogen-bond donors (Lipinski definition) is 3. The lowest BCUT2D eigenvalue weighted by Gasteiger charge is -2.34. The molecule has 1 unspecified atom stereocenters. The molecule has 0 radical (unpaired) electrons. The lowest BCUT2D eigenvalue weighted by molar-refractivity contribution is -0.137. The summed E-state index contributed by atoms with van der Waals surface area (Å²) in [5, 5.41) is 9.03. The predicted octanol–water partition coefficient (Wildman–Crippen LogP) is 3.67. The molecule has 2 amide bonds. The molecule has 2 atom stereocenters. The maximum atomic E-state index is 13.3. The number of carbonyl (C=O) groups is 2. The number of halogens is 3. The molecular formula is C28H35F3N4O4S. The number of amides is 2. The van der Waals surface area contributed by atoms with Crippen molar-refractivity contribution in [3.63, 3.8) is 0 Å². The van der Waals surface area contributed by atoms with Crippen molar-refractivity contribution in [2.75, 3.05) is 13.1 Å². The Balaban J connectivity index is 1.47. The van der Waals surface area contributed by atoms with E-state index in [0.29, 0.717) is 25.1 Å². The quantitative estimate of drug-likeness (QED) is 0.464. The monoisotopic (exact) mass is 580 g/mol. The first kappa shape index (κ1) is 30.0. The summed E-state index contributed by atoms with van der Waals surface area (Å²) >= 11 is 0. The van der Waals surface area contributed by atoms with Gasteiger partial charge in [-0.15, -0.1) is 0 Å². The standard InChI is InChI=1S/C28H35F3N4O4S/c1-27(2,3)33-17-18-7-12-22-19(15-18)5-4-6-23(22)34-25(36)16-24-26(37)32-13-14-35(24)40(38,39)21-10-8-20(9-11-21)28(29,30)31/h7-12,15,23-24,33H,4-6,13-14,16-17H2,1-3H3,(H,32,37)(H,34,36)/t23-,24?/m1/s1. The van der Waals surface area contributed by atoms with Crippen molar-refractivity contribution < 1.29 is 31.2 Å². The van der Waals surface area contributed by atoms with Crippen LogP contribution in [-0.2, 0) is 38.8 Å². The van der Waals surface area contributed by atoms with Gasteiger partial charge in [-0.2, -0.15) is 17.5 Å². The van der Waals surface area contributed by atoms with Gasteiger partial charge in [0.25, 0.3) is 0 Å². The summed E-state index contributed by atoms with van der Waals surface area (Å²) in [7, 11) is -4.34. The molecule has 40 heavy (non-hydrogen) atoms. The number of carbonyl (C=O) groups excluding carboxylic acids is 2. The maximum Gasteiger partial charge on any atom is 0.416 e. The summed E-state index contributed by atoms with van der Waals surface area (Å²) in [6.45, 7) is 6.93. The molecule has 1 fully saturated rings. The summed E-state index contributed by atoms with van der Waals surface area (Å²) in [5.41, 5.74) is 2.28. The van der Waals surface area contributed by atoms with Gasteiger partial charge in [-0.05, 0) is 81.0 Å². The summed E-state index contributed by atoms with van der Waals surface area (Å²) in [6, 6.07) is 7.68. The second kappa shape index (κ2) is 11.5. The average Bonchev–Trinajstić information content (AvgIpc) is 2.87. The van der Waals surface area contributed by atoms with Gasteiger partial charge in [0.1, 0.15) is 6.04 Å². The van der Waals surface area contributed by atoms with E-state index < -0.39 is 46.0 Å². The van der Waals surface area contributed by atoms with Gasteiger partial charge in [0, 0.05) is 25.2 Å². The zero-order chi connectivity index (χ0) is 29.3. The molecule has 2 aliphatic rings. The van der Waals surface area contributed by atoms with E-state index in [-0.39, 0.29) is 29.6 Å². The minimum Gasteiger partial charge on any atom is -0.353 e. The average molecular weight is 581 g/mol. The molecule has 8 nitrogen and oxygen atoms in total. The SMILES string of the molecule is CC(C)(C)NCc1ccc2c(c1)CCC[C@H]2NC(=O)CC1C(=O)NCCN1S(=O)(=O)c1ccc(C(F)(F)F)cc1. The van der Waals surface area contributed by atoms with Gasteiger partial charge in [-0.3, -0.25) is 9.59 Å². The van der Waals surface area contributed by atoms with Crippen molar-refractivity contribution in [2.45, 2.75) is 81.7 Å². The first-order valence-electron chi connectivity index (χ1n) is 13.3. The Labute approximate surface area is 232 Å². The minimum absolute atomic E-state index is 0.0221. The normalized spacial score (nSPS) is 20.5. The third-order valence-corrected chi connectivity index (χ3v) is 9.05. The van der Waals surface area contributed by atoms with Gasteiger partial charge in [0.15, 0.2) is 0 Å². The fourth-order valence-electron chi connectivity index (χ4n) is 5.05. The van der Waals surface area contributed by atoms with Gasteiger partial charge in [0.05, 0.1) is 22.9 Å². The molecule has 2 aromatic carbocycles. The number of hydrogen-bond acceptors (Lipinski definition) is 5. The second-order valence-corrected chi connectivity index (χ2v) is 13.2. The Morgan fingerprint density at radius 1 is 1.10 bits per heavy atom. The summed E-state index contributed by atoms with van der Waals surface area (Å²) < 4.78 is 66.4. The molecule has 0 aromatic heterocycles. The molecule has 1 aliphatic heterocycles. The van der Waals surface area contributed by atoms with Crippen LogP contribution in [0, 0.1) is 0 Å². The number of sulfonamides is 1. The van der Waals surface area contributed by atoms with E-state index in [4.69, 9.17) is 0 Å². The molecule has 12 heteroatoms. The van der Waals surface area contributed by atoms with E-state index in [9.17, 15) is 31.2 Å². The van der Waals surface area contributed by atoms with E-state index >= 15 is 0 Å². The minimum atomic E-state index is -4.61. The van der Waals surface area contributed by atoms with Crippen LogP contribution >= 0.6 is 0 Å². The number of rotatable bonds is 7. The van der Waals surface area contributed by atoms with Gasteiger partial charge in [-0.1, -0.05) is 18.2 Å². The number of alkyl halides is 3. The number of benzene rings is 2. The Bertz CT molecular complexity index is 1360. The number of aryl methyl sites for hydroxylation is 1. The van der Waals surface area contributed by atoms with E-state index in [2.05, 4.69) is 42.8 Å². The summed E-state index contributed by atoms with van der Waals surface area (Å²) in [6.07, 6.45) is -2.56. The molecule has 0 spiro atoms. The number of nitrogens with zero attached hydrogens (tertiary/aromatic N) is 1. The Morgan fingerprint density at radius 2 is 1.80 bits per heavy atom. The second-order valence-electron chi connectivity index (χ2n) is 11.3. The third kappa shape index (κ3) is 7.02. The van der Waals surface area contributed by atoms with Crippen molar-refractivity contribution in [1.82, 2.24) is 20.3 Å². The number of fused-ring (bicyclic) bond motifs is 1. The fourth-order valence-corrected chi connectivity index (χ4v) is 6.64. The van der Waals surface area contributed by atoms with Crippen LogP contribution in [0.4, 0.5) is 13.2 Å². The number of nitrogens with one attached hydrogen (secondary N) is 3. The molecule has 218 valence electrons. The van der Waals surface area contributed by atoms with Crippen LogP contribution in [0.5, 0.6) is 0 Å². The maximum absolute atomic E-state index is 13.3. The zero-order valence-electron chi connectivity index (χ0n) is 22.8. The third-order valence-electron chi connectivity index (χ3n) is 7.13. The Morgan fingerprint density at radius 3 is 2.45 bits per heavy atom. The Hall–Kier alpha value is -2.96. The summed E-state index contributed by atoms with van der Waals surface area (Å²) in [4.78, 5) is 25.5. The Kier molecular flexibility index (Phi) is 8.63. The van der Waals surface area contributed by atoms with Crippen LogP contribution in [0.2, 0.25) is 0 Å². The van der Waals surface area contributed by atoms with E-state index in [1.54, 1.807) is 0 Å². The van der Waals surface area contributed by atoms with Crippen LogP contribution in [0.15, 0.2) is 47.4 Å². The van der Waals surface area contributed by atoms with Crippen molar-refractivity contribution >= 4 is 21.8 Å². The highest BCUT2D eigenvalue weighted by Crippen LogP contribution is 2.32. The van der Waals surface area contributed by atoms with Crippen molar-refractivity contribution in [2.24, 2.45) is 0 Å².